The molecule has 0 bridgehead atoms. The van der Waals surface area contributed by atoms with E-state index >= 15 is 0 Å². The Balaban J connectivity index is 2.61. The van der Waals surface area contributed by atoms with E-state index in [0.717, 1.165) is 36.6 Å². The Labute approximate surface area is 115 Å². The third-order valence-electron chi connectivity index (χ3n) is 3.02. The van der Waals surface area contributed by atoms with E-state index in [4.69, 9.17) is 9.52 Å². The number of aliphatic hydroxyl groups is 1. The highest BCUT2D eigenvalue weighted by Gasteiger charge is 2.21. The molecule has 0 fully saturated rings. The lowest BCUT2D eigenvalue weighted by Gasteiger charge is -2.24. The minimum Gasteiger partial charge on any atom is -0.445 e. The molecule has 0 aliphatic heterocycles. The van der Waals surface area contributed by atoms with Gasteiger partial charge >= 0.3 is 0 Å². The molecule has 0 amide bonds. The van der Waals surface area contributed by atoms with Crippen LogP contribution < -0.4 is 5.32 Å². The number of hydrogen-bond acceptors (Lipinski definition) is 4. The monoisotopic (exact) mass is 266 g/mol. The molecule has 1 heterocycles. The van der Waals surface area contributed by atoms with E-state index in [2.05, 4.69) is 36.3 Å². The summed E-state index contributed by atoms with van der Waals surface area (Å²) >= 11 is 0. The third kappa shape index (κ3) is 5.57. The number of hydrogen-bond donors (Lipinski definition) is 2. The normalized spacial score (nSPS) is 12.5. The summed E-state index contributed by atoms with van der Waals surface area (Å²) in [6, 6.07) is 0. The van der Waals surface area contributed by atoms with Gasteiger partial charge in [0.1, 0.15) is 5.76 Å². The molecule has 0 atom stereocenters. The molecule has 1 rings (SSSR count). The fraction of sp³-hybridized carbons (Fsp3) is 0.667. The number of aromatic nitrogens is 1. The van der Waals surface area contributed by atoms with Crippen molar-refractivity contribution in [3.63, 3.8) is 0 Å². The van der Waals surface area contributed by atoms with E-state index in [1.807, 2.05) is 13.8 Å². The van der Waals surface area contributed by atoms with Crippen LogP contribution in [-0.4, -0.2) is 28.8 Å². The lowest BCUT2D eigenvalue weighted by atomic mass is 10.0. The summed E-state index contributed by atoms with van der Waals surface area (Å²) in [5, 5.41) is 12.1. The van der Waals surface area contributed by atoms with Gasteiger partial charge in [0.05, 0.1) is 12.3 Å². The van der Waals surface area contributed by atoms with E-state index in [0.29, 0.717) is 6.54 Å². The average Bonchev–Trinajstić information content (AvgIpc) is 2.67. The summed E-state index contributed by atoms with van der Waals surface area (Å²) in [4.78, 5) is 4.49. The summed E-state index contributed by atoms with van der Waals surface area (Å²) in [6.07, 6.45) is 6.78. The van der Waals surface area contributed by atoms with Gasteiger partial charge in [0.15, 0.2) is 5.89 Å². The van der Waals surface area contributed by atoms with Crippen LogP contribution in [-0.2, 0) is 12.8 Å². The number of nitrogens with one attached hydrogen (secondary N) is 1. The van der Waals surface area contributed by atoms with Crippen LogP contribution in [0.15, 0.2) is 16.6 Å². The topological polar surface area (TPSA) is 58.3 Å². The average molecular weight is 266 g/mol. The summed E-state index contributed by atoms with van der Waals surface area (Å²) in [5.74, 6) is 1.74. The van der Waals surface area contributed by atoms with Crippen LogP contribution in [0.2, 0.25) is 0 Å². The van der Waals surface area contributed by atoms with E-state index in [-0.39, 0.29) is 12.1 Å². The maximum Gasteiger partial charge on any atom is 0.196 e. The van der Waals surface area contributed by atoms with Crippen LogP contribution in [0.25, 0.3) is 0 Å². The third-order valence-corrected chi connectivity index (χ3v) is 3.02. The summed E-state index contributed by atoms with van der Waals surface area (Å²) in [6.45, 7) is 8.91. The Morgan fingerprint density at radius 1 is 1.42 bits per heavy atom. The molecule has 0 unspecified atom stereocenters. The summed E-state index contributed by atoms with van der Waals surface area (Å²) in [5.41, 5.74) is 0.859. The van der Waals surface area contributed by atoms with Gasteiger partial charge in [0.2, 0.25) is 0 Å². The Hall–Kier alpha value is -1.13. The van der Waals surface area contributed by atoms with Gasteiger partial charge < -0.3 is 14.8 Å². The maximum absolute atomic E-state index is 8.86. The van der Waals surface area contributed by atoms with Crippen LogP contribution in [0.5, 0.6) is 0 Å². The largest absolute Gasteiger partial charge is 0.445 e. The maximum atomic E-state index is 8.86. The second-order valence-electron chi connectivity index (χ2n) is 5.43. The second-order valence-corrected chi connectivity index (χ2v) is 5.43. The molecule has 0 aromatic carbocycles. The van der Waals surface area contributed by atoms with Gasteiger partial charge in [-0.1, -0.05) is 12.2 Å². The number of aryl methyl sites for hydroxylation is 2. The smallest absolute Gasteiger partial charge is 0.196 e. The van der Waals surface area contributed by atoms with Crippen molar-refractivity contribution in [1.82, 2.24) is 10.3 Å². The van der Waals surface area contributed by atoms with E-state index < -0.39 is 0 Å². The van der Waals surface area contributed by atoms with Crippen LogP contribution in [0.1, 0.15) is 44.5 Å². The van der Waals surface area contributed by atoms with Crippen LogP contribution in [0, 0.1) is 6.92 Å². The fourth-order valence-electron chi connectivity index (χ4n) is 2.01. The van der Waals surface area contributed by atoms with Crippen molar-refractivity contribution in [3.8, 4) is 0 Å². The molecule has 4 nitrogen and oxygen atoms in total. The molecule has 0 radical (unpaired) electrons. The van der Waals surface area contributed by atoms with Crippen molar-refractivity contribution < 1.29 is 9.52 Å². The van der Waals surface area contributed by atoms with Gasteiger partial charge in [-0.3, -0.25) is 0 Å². The molecule has 4 heteroatoms. The minimum atomic E-state index is -0.124. The van der Waals surface area contributed by atoms with Gasteiger partial charge in [0.25, 0.3) is 0 Å². The molecule has 0 spiro atoms. The SMILES string of the molecule is C/C=C\CCc1oc(CC(C)(C)NCCO)nc1C. The highest BCUT2D eigenvalue weighted by atomic mass is 16.4. The lowest BCUT2D eigenvalue weighted by molar-refractivity contribution is 0.259. The Bertz CT molecular complexity index is 408. The molecule has 0 aliphatic rings. The molecule has 0 saturated carbocycles. The van der Waals surface area contributed by atoms with Crippen molar-refractivity contribution in [3.05, 3.63) is 29.5 Å². The second kappa shape index (κ2) is 7.46. The molecule has 0 aliphatic carbocycles. The first kappa shape index (κ1) is 15.9. The van der Waals surface area contributed by atoms with Crippen molar-refractivity contribution in [2.75, 3.05) is 13.2 Å². The Kier molecular flexibility index (Phi) is 6.25. The van der Waals surface area contributed by atoms with Gasteiger partial charge in [0, 0.05) is 24.9 Å². The molecule has 1 aromatic heterocycles. The van der Waals surface area contributed by atoms with Crippen LogP contribution in [0.4, 0.5) is 0 Å². The van der Waals surface area contributed by atoms with Crippen molar-refractivity contribution >= 4 is 0 Å². The molecule has 1 aromatic rings. The highest BCUT2D eigenvalue weighted by molar-refractivity contribution is 5.10. The van der Waals surface area contributed by atoms with E-state index in [1.165, 1.54) is 0 Å². The van der Waals surface area contributed by atoms with Crippen molar-refractivity contribution in [1.29, 1.82) is 0 Å². The van der Waals surface area contributed by atoms with Crippen molar-refractivity contribution in [2.24, 2.45) is 0 Å². The first-order valence-corrected chi connectivity index (χ1v) is 6.90. The number of oxazole rings is 1. The Morgan fingerprint density at radius 3 is 2.79 bits per heavy atom. The van der Waals surface area contributed by atoms with Gasteiger partial charge in [-0.15, -0.1) is 0 Å². The zero-order valence-corrected chi connectivity index (χ0v) is 12.5. The zero-order chi connectivity index (χ0) is 14.3. The number of rotatable bonds is 8. The highest BCUT2D eigenvalue weighted by Crippen LogP contribution is 2.17. The van der Waals surface area contributed by atoms with E-state index in [9.17, 15) is 0 Å². The predicted molar refractivity (Wildman–Crippen MR) is 77.2 cm³/mol. The first-order valence-electron chi connectivity index (χ1n) is 6.90. The van der Waals surface area contributed by atoms with Gasteiger partial charge in [-0.05, 0) is 34.1 Å². The quantitative estimate of drug-likeness (QED) is 0.709. The number of aliphatic hydroxyl groups excluding tert-OH is 1. The van der Waals surface area contributed by atoms with Gasteiger partial charge in [-0.2, -0.15) is 0 Å². The standard InChI is InChI=1S/C15H26N2O2/c1-5-6-7-8-13-12(2)17-14(19-13)11-15(3,4)16-9-10-18/h5-6,16,18H,7-11H2,1-4H3/b6-5-. The lowest BCUT2D eigenvalue weighted by Crippen LogP contribution is -2.42. The predicted octanol–water partition coefficient (Wildman–Crippen LogP) is 2.39. The first-order chi connectivity index (χ1) is 8.98. The van der Waals surface area contributed by atoms with Crippen molar-refractivity contribution in [2.45, 2.75) is 52.5 Å². The fourth-order valence-corrected chi connectivity index (χ4v) is 2.01. The summed E-state index contributed by atoms with van der Waals surface area (Å²) < 4.78 is 5.83. The number of allylic oxidation sites excluding steroid dienone is 2. The molecule has 108 valence electrons. The molecular weight excluding hydrogens is 240 g/mol. The molecule has 19 heavy (non-hydrogen) atoms. The zero-order valence-electron chi connectivity index (χ0n) is 12.5. The number of nitrogens with zero attached hydrogens (tertiary/aromatic N) is 1. The Morgan fingerprint density at radius 2 is 2.16 bits per heavy atom. The van der Waals surface area contributed by atoms with Crippen LogP contribution in [0.3, 0.4) is 0 Å². The molecule has 0 saturated heterocycles. The number of β-amino-alcohol motifs (C(OH)–C–C–N with tert-alkyl or cyclic N) is 1. The van der Waals surface area contributed by atoms with E-state index in [1.54, 1.807) is 0 Å². The van der Waals surface area contributed by atoms with Gasteiger partial charge in [-0.25, -0.2) is 4.98 Å². The van der Waals surface area contributed by atoms with Crippen LogP contribution >= 0.6 is 0 Å². The molecular formula is C15H26N2O2. The molecule has 2 N–H and O–H groups in total. The minimum absolute atomic E-state index is 0.124. The summed E-state index contributed by atoms with van der Waals surface area (Å²) in [7, 11) is 0.